The summed E-state index contributed by atoms with van der Waals surface area (Å²) in [7, 11) is 0. The Hall–Kier alpha value is -2.43. The summed E-state index contributed by atoms with van der Waals surface area (Å²) < 4.78 is 27.0. The topological polar surface area (TPSA) is 41.1 Å². The van der Waals surface area contributed by atoms with Gasteiger partial charge in [-0.15, -0.1) is 0 Å². The van der Waals surface area contributed by atoms with Crippen LogP contribution in [0, 0.1) is 18.6 Å². The summed E-state index contributed by atoms with van der Waals surface area (Å²) in [6.45, 7) is 3.54. The van der Waals surface area contributed by atoms with Gasteiger partial charge >= 0.3 is 0 Å². The molecule has 1 amide bonds. The van der Waals surface area contributed by atoms with E-state index in [-0.39, 0.29) is 17.4 Å². The smallest absolute Gasteiger partial charge is 0.221 e. The fourth-order valence-corrected chi connectivity index (χ4v) is 1.96. The minimum absolute atomic E-state index is 0.228. The molecule has 0 saturated carbocycles. The van der Waals surface area contributed by atoms with Crippen LogP contribution in [0.5, 0.6) is 0 Å². The van der Waals surface area contributed by atoms with Crippen LogP contribution in [0.4, 0.5) is 20.2 Å². The fourth-order valence-electron chi connectivity index (χ4n) is 1.96. The van der Waals surface area contributed by atoms with Gasteiger partial charge < -0.3 is 10.6 Å². The number of hydrogen-bond acceptors (Lipinski definition) is 2. The molecule has 0 aromatic heterocycles. The minimum Gasteiger partial charge on any atom is -0.379 e. The summed E-state index contributed by atoms with van der Waals surface area (Å²) in [5, 5.41) is 5.50. The number of benzene rings is 2. The summed E-state index contributed by atoms with van der Waals surface area (Å²) in [5.41, 5.74) is 2.42. The predicted octanol–water partition coefficient (Wildman–Crippen LogP) is 3.84. The molecule has 110 valence electrons. The van der Waals surface area contributed by atoms with Gasteiger partial charge in [-0.1, -0.05) is 6.07 Å². The summed E-state index contributed by atoms with van der Waals surface area (Å²) >= 11 is 0. The summed E-state index contributed by atoms with van der Waals surface area (Å²) in [5.74, 6) is -0.989. The largest absolute Gasteiger partial charge is 0.379 e. The summed E-state index contributed by atoms with van der Waals surface area (Å²) in [4.78, 5) is 11.0. The highest BCUT2D eigenvalue weighted by Gasteiger charge is 2.06. The Bertz CT molecular complexity index is 671. The van der Waals surface area contributed by atoms with E-state index in [4.69, 9.17) is 0 Å². The highest BCUT2D eigenvalue weighted by molar-refractivity contribution is 5.89. The van der Waals surface area contributed by atoms with Gasteiger partial charge in [0.1, 0.15) is 11.6 Å². The summed E-state index contributed by atoms with van der Waals surface area (Å²) in [6, 6.07) is 8.73. The molecule has 21 heavy (non-hydrogen) atoms. The molecule has 3 nitrogen and oxygen atoms in total. The van der Waals surface area contributed by atoms with E-state index in [2.05, 4.69) is 10.6 Å². The number of amides is 1. The van der Waals surface area contributed by atoms with Crippen LogP contribution >= 0.6 is 0 Å². The van der Waals surface area contributed by atoms with Gasteiger partial charge in [-0.3, -0.25) is 4.79 Å². The normalized spacial score (nSPS) is 10.3. The lowest BCUT2D eigenvalue weighted by molar-refractivity contribution is -0.114. The Labute approximate surface area is 122 Å². The molecule has 0 atom stereocenters. The van der Waals surface area contributed by atoms with E-state index in [9.17, 15) is 13.6 Å². The number of anilines is 2. The molecule has 5 heteroatoms. The van der Waals surface area contributed by atoms with Gasteiger partial charge in [0.15, 0.2) is 0 Å². The zero-order valence-corrected chi connectivity index (χ0v) is 11.8. The van der Waals surface area contributed by atoms with E-state index >= 15 is 0 Å². The lowest BCUT2D eigenvalue weighted by Crippen LogP contribution is -2.08. The SMILES string of the molecule is CC(=O)Nc1ccc(F)c(NCc2cc(F)ccc2C)c1. The highest BCUT2D eigenvalue weighted by Crippen LogP contribution is 2.21. The number of nitrogens with one attached hydrogen (secondary N) is 2. The monoisotopic (exact) mass is 290 g/mol. The second-order valence-corrected chi connectivity index (χ2v) is 4.80. The molecule has 2 N–H and O–H groups in total. The van der Waals surface area contributed by atoms with Crippen molar-refractivity contribution < 1.29 is 13.6 Å². The third-order valence-corrected chi connectivity index (χ3v) is 3.07. The van der Waals surface area contributed by atoms with Crippen molar-refractivity contribution >= 4 is 17.3 Å². The molecule has 0 aliphatic rings. The van der Waals surface area contributed by atoms with Crippen molar-refractivity contribution in [1.29, 1.82) is 0 Å². The van der Waals surface area contributed by atoms with Crippen LogP contribution in [0.1, 0.15) is 18.1 Å². The first kappa shape index (κ1) is 15.0. The van der Waals surface area contributed by atoms with Crippen molar-refractivity contribution in [3.63, 3.8) is 0 Å². The molecule has 0 bridgehead atoms. The van der Waals surface area contributed by atoms with Gasteiger partial charge in [0.05, 0.1) is 5.69 Å². The molecule has 2 aromatic rings. The van der Waals surface area contributed by atoms with Gasteiger partial charge in [0, 0.05) is 19.2 Å². The third kappa shape index (κ3) is 4.02. The molecule has 0 spiro atoms. The quantitative estimate of drug-likeness (QED) is 0.898. The molecule has 0 fully saturated rings. The average molecular weight is 290 g/mol. The molecular formula is C16H16F2N2O. The third-order valence-electron chi connectivity index (χ3n) is 3.07. The van der Waals surface area contributed by atoms with Crippen LogP contribution in [0.25, 0.3) is 0 Å². The van der Waals surface area contributed by atoms with Gasteiger partial charge in [-0.25, -0.2) is 8.78 Å². The lowest BCUT2D eigenvalue weighted by atomic mass is 10.1. The Morgan fingerprint density at radius 1 is 1.14 bits per heavy atom. The second-order valence-electron chi connectivity index (χ2n) is 4.80. The highest BCUT2D eigenvalue weighted by atomic mass is 19.1. The fraction of sp³-hybridized carbons (Fsp3) is 0.188. The van der Waals surface area contributed by atoms with Gasteiger partial charge in [-0.05, 0) is 48.4 Å². The maximum atomic E-state index is 13.7. The van der Waals surface area contributed by atoms with Crippen molar-refractivity contribution in [2.24, 2.45) is 0 Å². The molecule has 0 aliphatic heterocycles. The van der Waals surface area contributed by atoms with E-state index in [1.54, 1.807) is 6.07 Å². The Morgan fingerprint density at radius 3 is 2.62 bits per heavy atom. The van der Waals surface area contributed by atoms with Crippen LogP contribution in [0.3, 0.4) is 0 Å². The van der Waals surface area contributed by atoms with E-state index in [0.29, 0.717) is 12.2 Å². The standard InChI is InChI=1S/C16H16F2N2O/c1-10-3-4-13(17)7-12(10)9-19-16-8-14(20-11(2)21)5-6-15(16)18/h3-8,19H,9H2,1-2H3,(H,20,21). The molecule has 2 rings (SSSR count). The number of aryl methyl sites for hydroxylation is 1. The molecule has 0 heterocycles. The van der Waals surface area contributed by atoms with E-state index < -0.39 is 5.82 Å². The van der Waals surface area contributed by atoms with Crippen molar-refractivity contribution in [2.75, 3.05) is 10.6 Å². The van der Waals surface area contributed by atoms with Gasteiger partial charge in [0.2, 0.25) is 5.91 Å². The molecule has 0 radical (unpaired) electrons. The first-order valence-corrected chi connectivity index (χ1v) is 6.52. The molecule has 2 aromatic carbocycles. The minimum atomic E-state index is -0.432. The summed E-state index contributed by atoms with van der Waals surface area (Å²) in [6.07, 6.45) is 0. The van der Waals surface area contributed by atoms with Crippen molar-refractivity contribution in [1.82, 2.24) is 0 Å². The average Bonchev–Trinajstić information content (AvgIpc) is 2.42. The first-order valence-electron chi connectivity index (χ1n) is 6.52. The van der Waals surface area contributed by atoms with Gasteiger partial charge in [-0.2, -0.15) is 0 Å². The molecule has 0 saturated heterocycles. The van der Waals surface area contributed by atoms with Crippen molar-refractivity contribution in [2.45, 2.75) is 20.4 Å². The zero-order valence-electron chi connectivity index (χ0n) is 11.8. The van der Waals surface area contributed by atoms with Crippen LogP contribution in [-0.4, -0.2) is 5.91 Å². The molecule has 0 aliphatic carbocycles. The van der Waals surface area contributed by atoms with E-state index in [0.717, 1.165) is 11.1 Å². The van der Waals surface area contributed by atoms with Crippen molar-refractivity contribution in [3.05, 3.63) is 59.2 Å². The molecule has 0 unspecified atom stereocenters. The van der Waals surface area contributed by atoms with E-state index in [1.807, 2.05) is 6.92 Å². The number of hydrogen-bond donors (Lipinski definition) is 2. The zero-order chi connectivity index (χ0) is 15.4. The Kier molecular flexibility index (Phi) is 4.52. The lowest BCUT2D eigenvalue weighted by Gasteiger charge is -2.12. The first-order chi connectivity index (χ1) is 9.95. The number of rotatable bonds is 4. The van der Waals surface area contributed by atoms with E-state index in [1.165, 1.54) is 37.3 Å². The second kappa shape index (κ2) is 6.35. The predicted molar refractivity (Wildman–Crippen MR) is 79.2 cm³/mol. The Balaban J connectivity index is 2.15. The van der Waals surface area contributed by atoms with Crippen LogP contribution in [-0.2, 0) is 11.3 Å². The number of carbonyl (C=O) groups is 1. The van der Waals surface area contributed by atoms with Crippen molar-refractivity contribution in [3.8, 4) is 0 Å². The number of halogens is 2. The molecular weight excluding hydrogens is 274 g/mol. The van der Waals surface area contributed by atoms with Gasteiger partial charge in [0.25, 0.3) is 0 Å². The maximum Gasteiger partial charge on any atom is 0.221 e. The maximum absolute atomic E-state index is 13.7. The Morgan fingerprint density at radius 2 is 1.90 bits per heavy atom. The number of carbonyl (C=O) groups excluding carboxylic acids is 1. The van der Waals surface area contributed by atoms with Crippen LogP contribution < -0.4 is 10.6 Å². The van der Waals surface area contributed by atoms with Crippen LogP contribution in [0.15, 0.2) is 36.4 Å². The van der Waals surface area contributed by atoms with Crippen LogP contribution in [0.2, 0.25) is 0 Å².